The maximum absolute atomic E-state index is 5.64. The maximum atomic E-state index is 5.64. The van der Waals surface area contributed by atoms with Gasteiger partial charge in [-0.15, -0.1) is 11.3 Å². The standard InChI is InChI=1S/C14H12OS/c1-2-6-14-13(5-1)11(7-8-15-14)10-12-4-3-9-16-12/h1-6,9-10H,7-8H2/b11-10+. The van der Waals surface area contributed by atoms with Crippen molar-refractivity contribution in [2.75, 3.05) is 6.61 Å². The van der Waals surface area contributed by atoms with Crippen LogP contribution in [0.15, 0.2) is 41.8 Å². The Morgan fingerprint density at radius 1 is 1.12 bits per heavy atom. The summed E-state index contributed by atoms with van der Waals surface area (Å²) in [4.78, 5) is 1.31. The highest BCUT2D eigenvalue weighted by atomic mass is 32.1. The third kappa shape index (κ3) is 1.76. The van der Waals surface area contributed by atoms with Crippen LogP contribution in [0.4, 0.5) is 0 Å². The smallest absolute Gasteiger partial charge is 0.126 e. The highest BCUT2D eigenvalue weighted by Crippen LogP contribution is 2.34. The Morgan fingerprint density at radius 3 is 2.94 bits per heavy atom. The van der Waals surface area contributed by atoms with Crippen molar-refractivity contribution in [1.29, 1.82) is 0 Å². The van der Waals surface area contributed by atoms with Gasteiger partial charge in [-0.1, -0.05) is 24.3 Å². The van der Waals surface area contributed by atoms with Crippen molar-refractivity contribution in [2.45, 2.75) is 6.42 Å². The molecule has 1 nitrogen and oxygen atoms in total. The van der Waals surface area contributed by atoms with E-state index in [1.54, 1.807) is 11.3 Å². The Kier molecular flexibility index (Phi) is 2.50. The Balaban J connectivity index is 2.05. The Morgan fingerprint density at radius 2 is 2.06 bits per heavy atom. The first-order valence-electron chi connectivity index (χ1n) is 5.40. The van der Waals surface area contributed by atoms with Crippen LogP contribution >= 0.6 is 11.3 Å². The molecular formula is C14H12OS. The van der Waals surface area contributed by atoms with Crippen LogP contribution in [0.3, 0.4) is 0 Å². The van der Waals surface area contributed by atoms with E-state index < -0.39 is 0 Å². The number of hydrogen-bond acceptors (Lipinski definition) is 2. The van der Waals surface area contributed by atoms with E-state index in [0.717, 1.165) is 18.8 Å². The van der Waals surface area contributed by atoms with E-state index in [-0.39, 0.29) is 0 Å². The van der Waals surface area contributed by atoms with Crippen molar-refractivity contribution in [2.24, 2.45) is 0 Å². The monoisotopic (exact) mass is 228 g/mol. The van der Waals surface area contributed by atoms with Crippen LogP contribution in [0.25, 0.3) is 11.6 Å². The molecule has 0 radical (unpaired) electrons. The minimum atomic E-state index is 0.786. The number of thiophene rings is 1. The van der Waals surface area contributed by atoms with E-state index in [1.165, 1.54) is 16.0 Å². The van der Waals surface area contributed by atoms with Gasteiger partial charge in [0.15, 0.2) is 0 Å². The molecule has 0 saturated heterocycles. The molecule has 0 amide bonds. The molecule has 2 heteroatoms. The molecule has 0 aliphatic carbocycles. The topological polar surface area (TPSA) is 9.23 Å². The summed E-state index contributed by atoms with van der Waals surface area (Å²) in [7, 11) is 0. The number of hydrogen-bond donors (Lipinski definition) is 0. The number of rotatable bonds is 1. The average Bonchev–Trinajstić information content (AvgIpc) is 2.82. The largest absolute Gasteiger partial charge is 0.493 e. The Labute approximate surface area is 99.0 Å². The van der Waals surface area contributed by atoms with E-state index in [9.17, 15) is 0 Å². The van der Waals surface area contributed by atoms with Crippen molar-refractivity contribution in [3.63, 3.8) is 0 Å². The summed E-state index contributed by atoms with van der Waals surface area (Å²) in [6.07, 6.45) is 3.26. The van der Waals surface area contributed by atoms with Gasteiger partial charge in [0.05, 0.1) is 6.61 Å². The first-order chi connectivity index (χ1) is 7.93. The molecule has 0 fully saturated rings. The maximum Gasteiger partial charge on any atom is 0.126 e. The zero-order valence-electron chi connectivity index (χ0n) is 8.85. The summed E-state index contributed by atoms with van der Waals surface area (Å²) in [6, 6.07) is 12.5. The summed E-state index contributed by atoms with van der Waals surface area (Å²) in [5, 5.41) is 2.11. The van der Waals surface area contributed by atoms with Crippen LogP contribution < -0.4 is 4.74 Å². The second kappa shape index (κ2) is 4.14. The van der Waals surface area contributed by atoms with E-state index >= 15 is 0 Å². The van der Waals surface area contributed by atoms with Crippen LogP contribution in [0, 0.1) is 0 Å². The van der Waals surface area contributed by atoms with E-state index in [1.807, 2.05) is 12.1 Å². The van der Waals surface area contributed by atoms with E-state index in [2.05, 4.69) is 35.7 Å². The number of fused-ring (bicyclic) bond motifs is 1. The quantitative estimate of drug-likeness (QED) is 0.715. The lowest BCUT2D eigenvalue weighted by Crippen LogP contribution is -2.07. The zero-order valence-corrected chi connectivity index (χ0v) is 9.67. The van der Waals surface area contributed by atoms with Gasteiger partial charge in [-0.05, 0) is 29.2 Å². The average molecular weight is 228 g/mol. The van der Waals surface area contributed by atoms with Crippen molar-refractivity contribution in [3.8, 4) is 5.75 Å². The molecule has 80 valence electrons. The van der Waals surface area contributed by atoms with Crippen LogP contribution in [0.2, 0.25) is 0 Å². The molecule has 0 N–H and O–H groups in total. The highest BCUT2D eigenvalue weighted by molar-refractivity contribution is 7.10. The van der Waals surface area contributed by atoms with E-state index in [4.69, 9.17) is 4.74 Å². The summed E-state index contributed by atoms with van der Waals surface area (Å²) in [5.74, 6) is 1.01. The molecule has 0 bridgehead atoms. The fourth-order valence-electron chi connectivity index (χ4n) is 1.96. The van der Waals surface area contributed by atoms with Gasteiger partial charge in [0.25, 0.3) is 0 Å². The van der Waals surface area contributed by atoms with Gasteiger partial charge in [-0.2, -0.15) is 0 Å². The van der Waals surface area contributed by atoms with Crippen molar-refractivity contribution < 1.29 is 4.74 Å². The highest BCUT2D eigenvalue weighted by Gasteiger charge is 2.14. The molecule has 1 aliphatic heterocycles. The van der Waals surface area contributed by atoms with Crippen LogP contribution in [0.5, 0.6) is 5.75 Å². The number of benzene rings is 1. The fraction of sp³-hybridized carbons (Fsp3) is 0.143. The third-order valence-electron chi connectivity index (χ3n) is 2.72. The van der Waals surface area contributed by atoms with Gasteiger partial charge < -0.3 is 4.74 Å². The van der Waals surface area contributed by atoms with Gasteiger partial charge in [-0.3, -0.25) is 0 Å². The van der Waals surface area contributed by atoms with Gasteiger partial charge in [0.1, 0.15) is 5.75 Å². The molecule has 1 aromatic heterocycles. The summed E-state index contributed by atoms with van der Waals surface area (Å²) < 4.78 is 5.64. The summed E-state index contributed by atoms with van der Waals surface area (Å²) in [5.41, 5.74) is 2.62. The molecule has 2 aromatic rings. The van der Waals surface area contributed by atoms with Gasteiger partial charge in [-0.25, -0.2) is 0 Å². The molecule has 0 spiro atoms. The molecule has 0 saturated carbocycles. The predicted molar refractivity (Wildman–Crippen MR) is 68.7 cm³/mol. The lowest BCUT2D eigenvalue weighted by molar-refractivity contribution is 0.317. The normalized spacial score (nSPS) is 16.9. The van der Waals surface area contributed by atoms with Crippen molar-refractivity contribution in [1.82, 2.24) is 0 Å². The third-order valence-corrected chi connectivity index (χ3v) is 3.54. The Bertz CT molecular complexity index is 511. The fourth-order valence-corrected chi connectivity index (χ4v) is 2.64. The molecule has 16 heavy (non-hydrogen) atoms. The van der Waals surface area contributed by atoms with Gasteiger partial charge in [0.2, 0.25) is 0 Å². The second-order valence-electron chi connectivity index (χ2n) is 3.78. The van der Waals surface area contributed by atoms with Crippen molar-refractivity contribution in [3.05, 3.63) is 52.2 Å². The predicted octanol–water partition coefficient (Wildman–Crippen LogP) is 4.07. The summed E-state index contributed by atoms with van der Waals surface area (Å²) >= 11 is 1.77. The summed E-state index contributed by atoms with van der Waals surface area (Å²) in [6.45, 7) is 0.786. The lowest BCUT2D eigenvalue weighted by Gasteiger charge is -2.19. The van der Waals surface area contributed by atoms with Gasteiger partial charge in [0, 0.05) is 16.9 Å². The number of ether oxygens (including phenoxy) is 1. The molecule has 0 unspecified atom stereocenters. The molecular weight excluding hydrogens is 216 g/mol. The molecule has 3 rings (SSSR count). The van der Waals surface area contributed by atoms with Crippen LogP contribution in [0.1, 0.15) is 16.9 Å². The molecule has 2 heterocycles. The van der Waals surface area contributed by atoms with Gasteiger partial charge >= 0.3 is 0 Å². The van der Waals surface area contributed by atoms with Crippen LogP contribution in [-0.2, 0) is 0 Å². The SMILES string of the molecule is C(=C1/CCOc2ccccc21)/c1cccs1. The Hall–Kier alpha value is -1.54. The van der Waals surface area contributed by atoms with E-state index in [0.29, 0.717) is 0 Å². The second-order valence-corrected chi connectivity index (χ2v) is 4.76. The first-order valence-corrected chi connectivity index (χ1v) is 6.28. The minimum absolute atomic E-state index is 0.786. The molecule has 1 aromatic carbocycles. The lowest BCUT2D eigenvalue weighted by atomic mass is 9.99. The zero-order chi connectivity index (χ0) is 10.8. The van der Waals surface area contributed by atoms with Crippen molar-refractivity contribution >= 4 is 23.0 Å². The molecule has 1 aliphatic rings. The first kappa shape index (κ1) is 9.67. The van der Waals surface area contributed by atoms with Crippen LogP contribution in [-0.4, -0.2) is 6.61 Å². The molecule has 0 atom stereocenters. The minimum Gasteiger partial charge on any atom is -0.493 e. The number of para-hydroxylation sites is 1.